The molecule has 0 saturated carbocycles. The first-order valence-corrected chi connectivity index (χ1v) is 7.22. The first-order chi connectivity index (χ1) is 10.2. The summed E-state index contributed by atoms with van der Waals surface area (Å²) >= 11 is 0. The standard InChI is InChI=1S/C15H23N3O3/c1-21-11-6-16-12-15(20)18-9-7-17(8-10-18)13-2-4-14(19)5-3-13/h2-5,16,19H,6-12H2,1H3. The van der Waals surface area contributed by atoms with Gasteiger partial charge in [-0.25, -0.2) is 0 Å². The minimum absolute atomic E-state index is 0.136. The lowest BCUT2D eigenvalue weighted by atomic mass is 10.2. The van der Waals surface area contributed by atoms with Crippen molar-refractivity contribution in [3.63, 3.8) is 0 Å². The third kappa shape index (κ3) is 4.61. The quantitative estimate of drug-likeness (QED) is 0.738. The SMILES string of the molecule is COCCNCC(=O)N1CCN(c2ccc(O)cc2)CC1. The van der Waals surface area contributed by atoms with E-state index in [0.717, 1.165) is 31.9 Å². The van der Waals surface area contributed by atoms with Gasteiger partial charge in [0, 0.05) is 45.5 Å². The molecular weight excluding hydrogens is 270 g/mol. The number of piperazine rings is 1. The number of methoxy groups -OCH3 is 1. The fourth-order valence-electron chi connectivity index (χ4n) is 2.36. The zero-order valence-corrected chi connectivity index (χ0v) is 12.4. The predicted octanol–water partition coefficient (Wildman–Crippen LogP) is 0.277. The number of ether oxygens (including phenoxy) is 1. The van der Waals surface area contributed by atoms with Crippen LogP contribution in [0.5, 0.6) is 5.75 Å². The Morgan fingerprint density at radius 3 is 2.52 bits per heavy atom. The maximum Gasteiger partial charge on any atom is 0.236 e. The summed E-state index contributed by atoms with van der Waals surface area (Å²) in [5.74, 6) is 0.408. The zero-order chi connectivity index (χ0) is 15.1. The second-order valence-corrected chi connectivity index (χ2v) is 5.05. The van der Waals surface area contributed by atoms with Gasteiger partial charge in [-0.3, -0.25) is 4.79 Å². The van der Waals surface area contributed by atoms with Crippen molar-refractivity contribution < 1.29 is 14.6 Å². The number of hydrogen-bond acceptors (Lipinski definition) is 5. The van der Waals surface area contributed by atoms with Gasteiger partial charge in [0.1, 0.15) is 5.75 Å². The lowest BCUT2D eigenvalue weighted by Crippen LogP contribution is -2.51. The highest BCUT2D eigenvalue weighted by molar-refractivity contribution is 5.78. The molecule has 0 spiro atoms. The number of anilines is 1. The van der Waals surface area contributed by atoms with Crippen molar-refractivity contribution in [1.82, 2.24) is 10.2 Å². The molecule has 1 heterocycles. The summed E-state index contributed by atoms with van der Waals surface area (Å²) in [4.78, 5) is 16.1. The van der Waals surface area contributed by atoms with Crippen LogP contribution in [0, 0.1) is 0 Å². The Bertz CT molecular complexity index is 442. The molecule has 1 amide bonds. The molecule has 0 radical (unpaired) electrons. The van der Waals surface area contributed by atoms with E-state index in [1.807, 2.05) is 17.0 Å². The van der Waals surface area contributed by atoms with E-state index in [0.29, 0.717) is 19.7 Å². The molecule has 21 heavy (non-hydrogen) atoms. The van der Waals surface area contributed by atoms with E-state index in [9.17, 15) is 9.90 Å². The largest absolute Gasteiger partial charge is 0.508 e. The van der Waals surface area contributed by atoms with Crippen LogP contribution in [-0.4, -0.2) is 68.9 Å². The molecule has 0 atom stereocenters. The molecule has 0 bridgehead atoms. The van der Waals surface area contributed by atoms with Crippen molar-refractivity contribution >= 4 is 11.6 Å². The van der Waals surface area contributed by atoms with Gasteiger partial charge in [-0.2, -0.15) is 0 Å². The molecule has 1 aliphatic heterocycles. The van der Waals surface area contributed by atoms with E-state index in [1.165, 1.54) is 0 Å². The number of amides is 1. The molecule has 0 aliphatic carbocycles. The smallest absolute Gasteiger partial charge is 0.236 e. The van der Waals surface area contributed by atoms with Gasteiger partial charge in [0.05, 0.1) is 13.2 Å². The average Bonchev–Trinajstić information content (AvgIpc) is 2.52. The van der Waals surface area contributed by atoms with Crippen LogP contribution in [0.1, 0.15) is 0 Å². The highest BCUT2D eigenvalue weighted by Crippen LogP contribution is 2.19. The normalized spacial score (nSPS) is 15.3. The Labute approximate surface area is 125 Å². The maximum absolute atomic E-state index is 12.0. The molecule has 0 aromatic heterocycles. The molecule has 1 aromatic rings. The summed E-state index contributed by atoms with van der Waals surface area (Å²) in [6.07, 6.45) is 0. The fourth-order valence-corrected chi connectivity index (χ4v) is 2.36. The van der Waals surface area contributed by atoms with Crippen LogP contribution in [0.15, 0.2) is 24.3 Å². The zero-order valence-electron chi connectivity index (χ0n) is 12.4. The molecule has 116 valence electrons. The summed E-state index contributed by atoms with van der Waals surface area (Å²) in [6.45, 7) is 4.75. The molecule has 6 nitrogen and oxygen atoms in total. The number of phenols is 1. The van der Waals surface area contributed by atoms with Gasteiger partial charge < -0.3 is 25.0 Å². The number of nitrogens with one attached hydrogen (secondary N) is 1. The minimum atomic E-state index is 0.136. The third-order valence-corrected chi connectivity index (χ3v) is 3.61. The Hall–Kier alpha value is -1.79. The van der Waals surface area contributed by atoms with Crippen LogP contribution in [0.25, 0.3) is 0 Å². The van der Waals surface area contributed by atoms with Gasteiger partial charge in [0.2, 0.25) is 5.91 Å². The van der Waals surface area contributed by atoms with Crippen molar-refractivity contribution in [2.45, 2.75) is 0 Å². The van der Waals surface area contributed by atoms with Crippen LogP contribution in [0.4, 0.5) is 5.69 Å². The van der Waals surface area contributed by atoms with Crippen LogP contribution in [0.2, 0.25) is 0 Å². The lowest BCUT2D eigenvalue weighted by Gasteiger charge is -2.36. The lowest BCUT2D eigenvalue weighted by molar-refractivity contribution is -0.130. The number of carbonyl (C=O) groups excluding carboxylic acids is 1. The summed E-state index contributed by atoms with van der Waals surface area (Å²) in [5.41, 5.74) is 1.08. The van der Waals surface area contributed by atoms with Crippen molar-refractivity contribution in [2.24, 2.45) is 0 Å². The van der Waals surface area contributed by atoms with Crippen molar-refractivity contribution in [2.75, 3.05) is 57.9 Å². The molecule has 2 rings (SSSR count). The third-order valence-electron chi connectivity index (χ3n) is 3.61. The van der Waals surface area contributed by atoms with E-state index in [-0.39, 0.29) is 11.7 Å². The molecule has 2 N–H and O–H groups in total. The molecule has 1 aliphatic rings. The maximum atomic E-state index is 12.0. The Morgan fingerprint density at radius 1 is 1.24 bits per heavy atom. The topological polar surface area (TPSA) is 65.0 Å². The number of rotatable bonds is 6. The van der Waals surface area contributed by atoms with Crippen molar-refractivity contribution in [3.8, 4) is 5.75 Å². The van der Waals surface area contributed by atoms with Crippen LogP contribution in [0.3, 0.4) is 0 Å². The molecule has 1 aromatic carbocycles. The predicted molar refractivity (Wildman–Crippen MR) is 81.6 cm³/mol. The number of aromatic hydroxyl groups is 1. The highest BCUT2D eigenvalue weighted by atomic mass is 16.5. The Balaban J connectivity index is 1.75. The Morgan fingerprint density at radius 2 is 1.90 bits per heavy atom. The van der Waals surface area contributed by atoms with Gasteiger partial charge >= 0.3 is 0 Å². The van der Waals surface area contributed by atoms with Gasteiger partial charge in [-0.1, -0.05) is 0 Å². The van der Waals surface area contributed by atoms with Crippen LogP contribution < -0.4 is 10.2 Å². The van der Waals surface area contributed by atoms with E-state index in [2.05, 4.69) is 10.2 Å². The second kappa shape index (κ2) is 7.85. The van der Waals surface area contributed by atoms with Crippen LogP contribution >= 0.6 is 0 Å². The van der Waals surface area contributed by atoms with E-state index in [4.69, 9.17) is 4.74 Å². The summed E-state index contributed by atoms with van der Waals surface area (Å²) in [7, 11) is 1.64. The monoisotopic (exact) mass is 293 g/mol. The van der Waals surface area contributed by atoms with Crippen molar-refractivity contribution in [1.29, 1.82) is 0 Å². The second-order valence-electron chi connectivity index (χ2n) is 5.05. The van der Waals surface area contributed by atoms with Gasteiger partial charge in [-0.15, -0.1) is 0 Å². The summed E-state index contributed by atoms with van der Waals surface area (Å²) in [5, 5.41) is 12.4. The Kier molecular flexibility index (Phi) is 5.83. The van der Waals surface area contributed by atoms with Crippen molar-refractivity contribution in [3.05, 3.63) is 24.3 Å². The minimum Gasteiger partial charge on any atom is -0.508 e. The van der Waals surface area contributed by atoms with Gasteiger partial charge in [0.15, 0.2) is 0 Å². The highest BCUT2D eigenvalue weighted by Gasteiger charge is 2.20. The first-order valence-electron chi connectivity index (χ1n) is 7.22. The number of nitrogens with zero attached hydrogens (tertiary/aromatic N) is 2. The summed E-state index contributed by atoms with van der Waals surface area (Å²) < 4.78 is 4.93. The number of carbonyl (C=O) groups is 1. The molecule has 6 heteroatoms. The first kappa shape index (κ1) is 15.6. The average molecular weight is 293 g/mol. The van der Waals surface area contributed by atoms with Gasteiger partial charge in [-0.05, 0) is 24.3 Å². The molecule has 1 fully saturated rings. The van der Waals surface area contributed by atoms with E-state index >= 15 is 0 Å². The molecule has 1 saturated heterocycles. The molecular formula is C15H23N3O3. The number of hydrogen-bond donors (Lipinski definition) is 2. The van der Waals surface area contributed by atoms with E-state index in [1.54, 1.807) is 19.2 Å². The number of phenolic OH excluding ortho intramolecular Hbond substituents is 1. The molecule has 0 unspecified atom stereocenters. The summed E-state index contributed by atoms with van der Waals surface area (Å²) in [6, 6.07) is 7.18. The number of benzene rings is 1. The van der Waals surface area contributed by atoms with Gasteiger partial charge in [0.25, 0.3) is 0 Å². The van der Waals surface area contributed by atoms with E-state index < -0.39 is 0 Å². The fraction of sp³-hybridized carbons (Fsp3) is 0.533. The van der Waals surface area contributed by atoms with Crippen LogP contribution in [-0.2, 0) is 9.53 Å².